The van der Waals surface area contributed by atoms with Crippen LogP contribution in [-0.2, 0) is 11.8 Å². The van der Waals surface area contributed by atoms with Crippen LogP contribution in [0.5, 0.6) is 0 Å². The van der Waals surface area contributed by atoms with E-state index < -0.39 is 0 Å². The summed E-state index contributed by atoms with van der Waals surface area (Å²) in [5.41, 5.74) is 1.98. The van der Waals surface area contributed by atoms with Gasteiger partial charge in [-0.1, -0.05) is 36.4 Å². The Balaban J connectivity index is 1.89. The topological polar surface area (TPSA) is 76.0 Å². The number of aromatic nitrogens is 2. The van der Waals surface area contributed by atoms with Crippen LogP contribution in [0, 0.1) is 0 Å². The molecule has 3 rings (SSSR count). The van der Waals surface area contributed by atoms with E-state index in [1.165, 1.54) is 6.92 Å². The molecule has 1 aromatic heterocycles. The smallest absolute Gasteiger partial charge is 0.252 e. The van der Waals surface area contributed by atoms with E-state index in [1.54, 1.807) is 30.5 Å². The number of nitrogens with one attached hydrogen (secondary N) is 2. The number of rotatable bonds is 5. The molecule has 0 aliphatic rings. The van der Waals surface area contributed by atoms with E-state index in [4.69, 9.17) is 0 Å². The molecule has 0 aliphatic heterocycles. The first-order valence-electron chi connectivity index (χ1n) is 8.25. The second-order valence-electron chi connectivity index (χ2n) is 5.98. The van der Waals surface area contributed by atoms with Crippen molar-refractivity contribution in [1.29, 1.82) is 0 Å². The van der Waals surface area contributed by atoms with Crippen molar-refractivity contribution in [3.05, 3.63) is 83.9 Å². The molecular formula is C20H20N4O2. The Morgan fingerprint density at radius 2 is 1.85 bits per heavy atom. The zero-order valence-corrected chi connectivity index (χ0v) is 14.6. The van der Waals surface area contributed by atoms with Crippen LogP contribution in [-0.4, -0.2) is 21.4 Å². The summed E-state index contributed by atoms with van der Waals surface area (Å²) in [6.07, 6.45) is 3.55. The van der Waals surface area contributed by atoms with E-state index in [2.05, 4.69) is 15.6 Å². The van der Waals surface area contributed by atoms with E-state index in [9.17, 15) is 9.59 Å². The van der Waals surface area contributed by atoms with Crippen LogP contribution in [0.2, 0.25) is 0 Å². The number of carbonyl (C=O) groups excluding carboxylic acids is 2. The first-order chi connectivity index (χ1) is 12.5. The Kier molecular flexibility index (Phi) is 5.12. The van der Waals surface area contributed by atoms with Gasteiger partial charge in [-0.05, 0) is 23.8 Å². The van der Waals surface area contributed by atoms with E-state index in [0.717, 1.165) is 11.4 Å². The molecule has 1 atom stereocenters. The van der Waals surface area contributed by atoms with Crippen molar-refractivity contribution in [3.8, 4) is 0 Å². The summed E-state index contributed by atoms with van der Waals surface area (Å²) >= 11 is 0. The molecule has 0 aliphatic carbocycles. The predicted molar refractivity (Wildman–Crippen MR) is 99.7 cm³/mol. The molecule has 0 unspecified atom stereocenters. The van der Waals surface area contributed by atoms with Gasteiger partial charge in [-0.25, -0.2) is 4.98 Å². The molecule has 0 bridgehead atoms. The number of hydrogen-bond donors (Lipinski definition) is 2. The maximum atomic E-state index is 12.8. The average Bonchev–Trinajstić information content (AvgIpc) is 3.05. The van der Waals surface area contributed by atoms with Crippen LogP contribution in [0.4, 0.5) is 5.69 Å². The molecule has 26 heavy (non-hydrogen) atoms. The third-order valence-corrected chi connectivity index (χ3v) is 3.97. The molecule has 0 radical (unpaired) electrons. The Hall–Kier alpha value is -3.41. The molecule has 1 heterocycles. The van der Waals surface area contributed by atoms with Crippen LogP contribution in [0.3, 0.4) is 0 Å². The highest BCUT2D eigenvalue weighted by Gasteiger charge is 2.21. The van der Waals surface area contributed by atoms with E-state index >= 15 is 0 Å². The van der Waals surface area contributed by atoms with Gasteiger partial charge in [-0.3, -0.25) is 9.59 Å². The fourth-order valence-corrected chi connectivity index (χ4v) is 2.75. The van der Waals surface area contributed by atoms with Crippen molar-refractivity contribution < 1.29 is 9.59 Å². The summed E-state index contributed by atoms with van der Waals surface area (Å²) in [6.45, 7) is 1.43. The number of carbonyl (C=O) groups is 2. The Bertz CT molecular complexity index is 918. The molecular weight excluding hydrogens is 328 g/mol. The number of amides is 2. The maximum Gasteiger partial charge on any atom is 0.252 e. The lowest BCUT2D eigenvalue weighted by Gasteiger charge is -2.19. The van der Waals surface area contributed by atoms with Crippen molar-refractivity contribution in [3.63, 3.8) is 0 Å². The normalized spacial score (nSPS) is 11.6. The summed E-state index contributed by atoms with van der Waals surface area (Å²) in [6, 6.07) is 16.1. The first kappa shape index (κ1) is 17.4. The lowest BCUT2D eigenvalue weighted by molar-refractivity contribution is -0.114. The molecule has 2 N–H and O–H groups in total. The zero-order chi connectivity index (χ0) is 18.5. The molecule has 0 saturated carbocycles. The van der Waals surface area contributed by atoms with Crippen LogP contribution >= 0.6 is 0 Å². The summed E-state index contributed by atoms with van der Waals surface area (Å²) in [4.78, 5) is 28.4. The van der Waals surface area contributed by atoms with Crippen LogP contribution in [0.25, 0.3) is 0 Å². The summed E-state index contributed by atoms with van der Waals surface area (Å²) in [7, 11) is 1.89. The van der Waals surface area contributed by atoms with Crippen LogP contribution < -0.4 is 10.6 Å². The lowest BCUT2D eigenvalue weighted by atomic mass is 10.1. The maximum absolute atomic E-state index is 12.8. The fraction of sp³-hybridized carbons (Fsp3) is 0.150. The zero-order valence-electron chi connectivity index (χ0n) is 14.6. The molecule has 132 valence electrons. The van der Waals surface area contributed by atoms with Crippen molar-refractivity contribution in [2.24, 2.45) is 7.05 Å². The number of benzene rings is 2. The Morgan fingerprint density at radius 1 is 1.08 bits per heavy atom. The van der Waals surface area contributed by atoms with Gasteiger partial charge in [0.1, 0.15) is 11.9 Å². The van der Waals surface area contributed by atoms with Crippen molar-refractivity contribution in [2.75, 3.05) is 5.32 Å². The minimum Gasteiger partial charge on any atom is -0.338 e. The van der Waals surface area contributed by atoms with Gasteiger partial charge < -0.3 is 15.2 Å². The Morgan fingerprint density at radius 3 is 2.50 bits per heavy atom. The highest BCUT2D eigenvalue weighted by Crippen LogP contribution is 2.21. The van der Waals surface area contributed by atoms with Crippen molar-refractivity contribution in [1.82, 2.24) is 14.9 Å². The van der Waals surface area contributed by atoms with Gasteiger partial charge in [0, 0.05) is 37.6 Å². The first-order valence-corrected chi connectivity index (χ1v) is 8.25. The molecule has 0 fully saturated rings. The molecule has 6 nitrogen and oxygen atoms in total. The molecule has 6 heteroatoms. The number of hydrogen-bond acceptors (Lipinski definition) is 3. The monoisotopic (exact) mass is 348 g/mol. The quantitative estimate of drug-likeness (QED) is 0.744. The van der Waals surface area contributed by atoms with Gasteiger partial charge in [0.2, 0.25) is 5.91 Å². The van der Waals surface area contributed by atoms with Gasteiger partial charge in [-0.15, -0.1) is 0 Å². The predicted octanol–water partition coefficient (Wildman–Crippen LogP) is 2.90. The minimum atomic E-state index is -0.381. The summed E-state index contributed by atoms with van der Waals surface area (Å²) in [5, 5.41) is 5.72. The number of imidazole rings is 1. The molecule has 2 aromatic carbocycles. The van der Waals surface area contributed by atoms with Crippen molar-refractivity contribution >= 4 is 17.5 Å². The third-order valence-electron chi connectivity index (χ3n) is 3.97. The Labute approximate surface area is 151 Å². The van der Waals surface area contributed by atoms with E-state index in [1.807, 2.05) is 48.1 Å². The highest BCUT2D eigenvalue weighted by atomic mass is 16.2. The van der Waals surface area contributed by atoms with Gasteiger partial charge in [0.15, 0.2) is 0 Å². The van der Waals surface area contributed by atoms with Gasteiger partial charge in [0.25, 0.3) is 5.91 Å². The largest absolute Gasteiger partial charge is 0.338 e. The molecule has 0 saturated heterocycles. The van der Waals surface area contributed by atoms with E-state index in [-0.39, 0.29) is 17.9 Å². The SMILES string of the molecule is CC(=O)Nc1cccc(C(=O)N[C@@H](c2ccccc2)c2nccn2C)c1. The second-order valence-corrected chi connectivity index (χ2v) is 5.98. The van der Waals surface area contributed by atoms with Gasteiger partial charge in [0.05, 0.1) is 0 Å². The minimum absolute atomic E-state index is 0.183. The van der Waals surface area contributed by atoms with Crippen LogP contribution in [0.15, 0.2) is 67.0 Å². The van der Waals surface area contributed by atoms with E-state index in [0.29, 0.717) is 11.3 Å². The van der Waals surface area contributed by atoms with Gasteiger partial charge >= 0.3 is 0 Å². The fourth-order valence-electron chi connectivity index (χ4n) is 2.75. The number of aryl methyl sites for hydroxylation is 1. The summed E-state index contributed by atoms with van der Waals surface area (Å²) < 4.78 is 1.88. The second kappa shape index (κ2) is 7.65. The molecule has 2 amide bonds. The molecule has 0 spiro atoms. The van der Waals surface area contributed by atoms with Crippen LogP contribution in [0.1, 0.15) is 34.7 Å². The third kappa shape index (κ3) is 3.97. The summed E-state index contributed by atoms with van der Waals surface area (Å²) in [5.74, 6) is 0.314. The highest BCUT2D eigenvalue weighted by molar-refractivity contribution is 5.97. The average molecular weight is 348 g/mol. The lowest BCUT2D eigenvalue weighted by Crippen LogP contribution is -2.31. The molecule has 3 aromatic rings. The standard InChI is InChI=1S/C20H20N4O2/c1-14(25)22-17-10-6-9-16(13-17)20(26)23-18(15-7-4-3-5-8-15)19-21-11-12-24(19)2/h3-13,18H,1-2H3,(H,22,25)(H,23,26)/t18-/m0/s1. The van der Waals surface area contributed by atoms with Crippen molar-refractivity contribution in [2.45, 2.75) is 13.0 Å². The number of anilines is 1. The number of nitrogens with zero attached hydrogens (tertiary/aromatic N) is 2. The van der Waals surface area contributed by atoms with Gasteiger partial charge in [-0.2, -0.15) is 0 Å².